The molecule has 0 N–H and O–H groups in total. The first-order valence-corrected chi connectivity index (χ1v) is 8.24. The van der Waals surface area contributed by atoms with Crippen molar-refractivity contribution in [1.29, 1.82) is 0 Å². The number of carbonyl (C=O) groups is 2. The lowest BCUT2D eigenvalue weighted by molar-refractivity contribution is -0.146. The molecule has 1 aliphatic heterocycles. The molecule has 0 saturated carbocycles. The van der Waals surface area contributed by atoms with E-state index in [-0.39, 0.29) is 18.1 Å². The fourth-order valence-corrected chi connectivity index (χ4v) is 3.50. The van der Waals surface area contributed by atoms with Gasteiger partial charge in [-0.15, -0.1) is 0 Å². The number of halogens is 1. The normalized spacial score (nSPS) is 18.5. The molecule has 0 radical (unpaired) electrons. The van der Waals surface area contributed by atoms with Crippen LogP contribution < -0.4 is 0 Å². The van der Waals surface area contributed by atoms with E-state index in [0.717, 1.165) is 0 Å². The van der Waals surface area contributed by atoms with E-state index in [0.29, 0.717) is 8.78 Å². The molecule has 0 bridgehead atoms. The van der Waals surface area contributed by atoms with Crippen molar-refractivity contribution >= 4 is 38.0 Å². The van der Waals surface area contributed by atoms with E-state index in [1.807, 2.05) is 0 Å². The lowest BCUT2D eigenvalue weighted by Crippen LogP contribution is -2.44. The van der Waals surface area contributed by atoms with Crippen molar-refractivity contribution in [3.05, 3.63) is 28.7 Å². The third kappa shape index (κ3) is 3.03. The zero-order valence-electron chi connectivity index (χ0n) is 11.0. The van der Waals surface area contributed by atoms with Gasteiger partial charge in [-0.2, -0.15) is 4.31 Å². The molecule has 1 fully saturated rings. The molecule has 1 saturated heterocycles. The molecule has 1 atom stereocenters. The minimum absolute atomic E-state index is 0.0791. The van der Waals surface area contributed by atoms with Gasteiger partial charge in [-0.25, -0.2) is 18.0 Å². The van der Waals surface area contributed by atoms with Gasteiger partial charge in [0, 0.05) is 4.47 Å². The molecule has 0 spiro atoms. The molecule has 7 nitrogen and oxygen atoms in total. The Morgan fingerprint density at radius 2 is 2.05 bits per heavy atom. The second-order valence-electron chi connectivity index (χ2n) is 4.10. The van der Waals surface area contributed by atoms with Crippen LogP contribution in [0.1, 0.15) is 6.92 Å². The summed E-state index contributed by atoms with van der Waals surface area (Å²) in [7, 11) is -4.18. The van der Waals surface area contributed by atoms with Gasteiger partial charge in [-0.05, 0) is 31.2 Å². The molecular formula is C12H12BrNO6S. The van der Waals surface area contributed by atoms with E-state index in [4.69, 9.17) is 4.74 Å². The molecule has 2 rings (SSSR count). The molecule has 1 aromatic carbocycles. The number of ether oxygens (including phenoxy) is 2. The Balaban J connectivity index is 2.38. The van der Waals surface area contributed by atoms with Gasteiger partial charge >= 0.3 is 12.1 Å². The lowest BCUT2D eigenvalue weighted by atomic mass is 10.3. The van der Waals surface area contributed by atoms with Crippen LogP contribution >= 0.6 is 15.9 Å². The average molecular weight is 378 g/mol. The fraction of sp³-hybridized carbons (Fsp3) is 0.333. The van der Waals surface area contributed by atoms with Crippen molar-refractivity contribution in [3.63, 3.8) is 0 Å². The van der Waals surface area contributed by atoms with Gasteiger partial charge in [0.15, 0.2) is 6.04 Å². The number of carbonyl (C=O) groups excluding carboxylic acids is 2. The van der Waals surface area contributed by atoms with Crippen molar-refractivity contribution in [2.24, 2.45) is 0 Å². The highest BCUT2D eigenvalue weighted by Gasteiger charge is 2.47. The number of sulfonamides is 1. The quantitative estimate of drug-likeness (QED) is 0.738. The lowest BCUT2D eigenvalue weighted by Gasteiger charge is -2.19. The van der Waals surface area contributed by atoms with Crippen molar-refractivity contribution < 1.29 is 27.5 Å². The standard InChI is InChI=1S/C12H12BrNO6S/c1-2-19-11(15)10-7-20-12(16)14(10)21(17,18)9-5-3-8(13)4-6-9/h3-6,10H,2,7H2,1H3/t10-/m0/s1. The third-order valence-electron chi connectivity index (χ3n) is 2.76. The minimum atomic E-state index is -4.18. The van der Waals surface area contributed by atoms with Crippen LogP contribution in [-0.4, -0.2) is 44.0 Å². The molecule has 1 heterocycles. The summed E-state index contributed by atoms with van der Waals surface area (Å²) in [6, 6.07) is 4.40. The molecule has 0 aromatic heterocycles. The monoisotopic (exact) mass is 377 g/mol. The molecule has 0 unspecified atom stereocenters. The Labute approximate surface area is 130 Å². The Morgan fingerprint density at radius 3 is 2.62 bits per heavy atom. The maximum Gasteiger partial charge on any atom is 0.424 e. The maximum atomic E-state index is 12.5. The molecule has 0 aliphatic carbocycles. The maximum absolute atomic E-state index is 12.5. The molecule has 1 aliphatic rings. The third-order valence-corrected chi connectivity index (χ3v) is 5.07. The van der Waals surface area contributed by atoms with Crippen molar-refractivity contribution in [1.82, 2.24) is 4.31 Å². The summed E-state index contributed by atoms with van der Waals surface area (Å²) >= 11 is 3.19. The van der Waals surface area contributed by atoms with Crippen LogP contribution in [0, 0.1) is 0 Å². The first-order chi connectivity index (χ1) is 9.87. The molecule has 1 amide bonds. The fourth-order valence-electron chi connectivity index (χ4n) is 1.80. The highest BCUT2D eigenvalue weighted by molar-refractivity contribution is 9.10. The largest absolute Gasteiger partial charge is 0.464 e. The van der Waals surface area contributed by atoms with Gasteiger partial charge in [-0.3, -0.25) is 0 Å². The number of hydrogen-bond acceptors (Lipinski definition) is 6. The van der Waals surface area contributed by atoms with Gasteiger partial charge in [0.1, 0.15) is 6.61 Å². The van der Waals surface area contributed by atoms with Gasteiger partial charge in [0.25, 0.3) is 10.0 Å². The summed E-state index contributed by atoms with van der Waals surface area (Å²) in [5.74, 6) is -0.816. The smallest absolute Gasteiger partial charge is 0.424 e. The first-order valence-electron chi connectivity index (χ1n) is 6.01. The van der Waals surface area contributed by atoms with E-state index in [2.05, 4.69) is 20.7 Å². The second kappa shape index (κ2) is 6.02. The number of rotatable bonds is 4. The first kappa shape index (κ1) is 15.8. The van der Waals surface area contributed by atoms with Crippen LogP contribution in [0.2, 0.25) is 0 Å². The number of amides is 1. The van der Waals surface area contributed by atoms with E-state index >= 15 is 0 Å². The van der Waals surface area contributed by atoms with E-state index in [9.17, 15) is 18.0 Å². The van der Waals surface area contributed by atoms with Crippen molar-refractivity contribution in [3.8, 4) is 0 Å². The van der Waals surface area contributed by atoms with E-state index in [1.165, 1.54) is 24.3 Å². The molecule has 1 aromatic rings. The van der Waals surface area contributed by atoms with Crippen molar-refractivity contribution in [2.75, 3.05) is 13.2 Å². The van der Waals surface area contributed by atoms with Crippen LogP contribution in [0.5, 0.6) is 0 Å². The van der Waals surface area contributed by atoms with E-state index in [1.54, 1.807) is 6.92 Å². The topological polar surface area (TPSA) is 90.0 Å². The van der Waals surface area contributed by atoms with Crippen LogP contribution in [0.25, 0.3) is 0 Å². The van der Waals surface area contributed by atoms with Gasteiger partial charge in [0.2, 0.25) is 0 Å². The summed E-state index contributed by atoms with van der Waals surface area (Å²) in [5.41, 5.74) is 0. The average Bonchev–Trinajstić information content (AvgIpc) is 2.82. The SMILES string of the molecule is CCOC(=O)[C@@H]1COC(=O)N1S(=O)(=O)c1ccc(Br)cc1. The van der Waals surface area contributed by atoms with Crippen molar-refractivity contribution in [2.45, 2.75) is 17.9 Å². The Morgan fingerprint density at radius 1 is 1.43 bits per heavy atom. The predicted octanol–water partition coefficient (Wildman–Crippen LogP) is 1.52. The van der Waals surface area contributed by atoms with Crippen LogP contribution in [0.4, 0.5) is 4.79 Å². The van der Waals surface area contributed by atoms with Gasteiger partial charge in [-0.1, -0.05) is 15.9 Å². The Hall–Kier alpha value is -1.61. The van der Waals surface area contributed by atoms with Gasteiger partial charge < -0.3 is 9.47 Å². The highest BCUT2D eigenvalue weighted by atomic mass is 79.9. The zero-order valence-corrected chi connectivity index (χ0v) is 13.4. The predicted molar refractivity (Wildman–Crippen MR) is 74.9 cm³/mol. The number of hydrogen-bond donors (Lipinski definition) is 0. The van der Waals surface area contributed by atoms with Crippen LogP contribution in [0.3, 0.4) is 0 Å². The number of benzene rings is 1. The number of cyclic esters (lactones) is 1. The molecule has 9 heteroatoms. The Bertz CT molecular complexity index is 657. The summed E-state index contributed by atoms with van der Waals surface area (Å²) in [6.07, 6.45) is -1.09. The van der Waals surface area contributed by atoms with Crippen LogP contribution in [0.15, 0.2) is 33.6 Å². The zero-order chi connectivity index (χ0) is 15.6. The molecular weight excluding hydrogens is 366 g/mol. The van der Waals surface area contributed by atoms with E-state index < -0.39 is 28.1 Å². The summed E-state index contributed by atoms with van der Waals surface area (Å²) in [4.78, 5) is 23.3. The summed E-state index contributed by atoms with van der Waals surface area (Å²) in [6.45, 7) is 1.31. The summed E-state index contributed by atoms with van der Waals surface area (Å²) < 4.78 is 35.5. The van der Waals surface area contributed by atoms with Gasteiger partial charge in [0.05, 0.1) is 11.5 Å². The second-order valence-corrected chi connectivity index (χ2v) is 6.83. The summed E-state index contributed by atoms with van der Waals surface area (Å²) in [5, 5.41) is 0. The minimum Gasteiger partial charge on any atom is -0.464 e. The Kier molecular flexibility index (Phi) is 4.52. The number of nitrogens with zero attached hydrogens (tertiary/aromatic N) is 1. The molecule has 114 valence electrons. The molecule has 21 heavy (non-hydrogen) atoms. The van der Waals surface area contributed by atoms with Crippen LogP contribution in [-0.2, 0) is 24.3 Å². The highest BCUT2D eigenvalue weighted by Crippen LogP contribution is 2.25. The number of esters is 1.